The summed E-state index contributed by atoms with van der Waals surface area (Å²) >= 11 is 0. The molecule has 0 saturated carbocycles. The molecule has 1 aliphatic rings. The highest BCUT2D eigenvalue weighted by Gasteiger charge is 2.36. The first-order valence-electron chi connectivity index (χ1n) is 6.99. The molecule has 2 aromatic rings. The van der Waals surface area contributed by atoms with Gasteiger partial charge in [-0.15, -0.1) is 0 Å². The summed E-state index contributed by atoms with van der Waals surface area (Å²) in [5.74, 6) is 1.17. The van der Waals surface area contributed by atoms with Gasteiger partial charge in [-0.2, -0.15) is 4.98 Å². The molecule has 1 aliphatic heterocycles. The Labute approximate surface area is 118 Å². The van der Waals surface area contributed by atoms with Crippen LogP contribution in [0.2, 0.25) is 0 Å². The third-order valence-electron chi connectivity index (χ3n) is 3.72. The van der Waals surface area contributed by atoms with E-state index in [0.29, 0.717) is 18.3 Å². The van der Waals surface area contributed by atoms with Crippen LogP contribution in [0, 0.1) is 0 Å². The Morgan fingerprint density at radius 1 is 1.40 bits per heavy atom. The summed E-state index contributed by atoms with van der Waals surface area (Å²) in [6.45, 7) is 3.40. The van der Waals surface area contributed by atoms with Gasteiger partial charge in [-0.05, 0) is 50.4 Å². The molecule has 0 radical (unpaired) electrons. The lowest BCUT2D eigenvalue weighted by Crippen LogP contribution is -2.21. The van der Waals surface area contributed by atoms with Gasteiger partial charge in [0.15, 0.2) is 0 Å². The van der Waals surface area contributed by atoms with Crippen LogP contribution in [-0.4, -0.2) is 23.3 Å². The molecule has 1 aromatic carbocycles. The second-order valence-corrected chi connectivity index (χ2v) is 5.35. The fraction of sp³-hybridized carbons (Fsp3) is 0.467. The molecule has 1 aromatic heterocycles. The lowest BCUT2D eigenvalue weighted by atomic mass is 10.0. The third kappa shape index (κ3) is 2.46. The number of aromatic nitrogens is 2. The largest absolute Gasteiger partial charge is 0.367 e. The van der Waals surface area contributed by atoms with E-state index in [0.717, 1.165) is 31.4 Å². The average Bonchev–Trinajstić information content (AvgIpc) is 3.09. The Morgan fingerprint density at radius 2 is 2.30 bits per heavy atom. The third-order valence-corrected chi connectivity index (χ3v) is 3.72. The minimum Gasteiger partial charge on any atom is -0.367 e. The number of ether oxygens (including phenoxy) is 1. The highest BCUT2D eigenvalue weighted by atomic mass is 16.5. The van der Waals surface area contributed by atoms with Crippen molar-refractivity contribution in [1.82, 2.24) is 10.1 Å². The predicted molar refractivity (Wildman–Crippen MR) is 75.0 cm³/mol. The minimum atomic E-state index is -0.406. The fourth-order valence-electron chi connectivity index (χ4n) is 2.54. The van der Waals surface area contributed by atoms with Crippen LogP contribution in [0.25, 0.3) is 11.5 Å². The number of nitrogens with zero attached hydrogens (tertiary/aromatic N) is 2. The maximum atomic E-state index is 5.74. The molecule has 2 N–H and O–H groups in total. The van der Waals surface area contributed by atoms with E-state index in [9.17, 15) is 0 Å². The van der Waals surface area contributed by atoms with E-state index in [1.165, 1.54) is 5.56 Å². The van der Waals surface area contributed by atoms with Gasteiger partial charge in [0.2, 0.25) is 5.82 Å². The highest BCUT2D eigenvalue weighted by molar-refractivity contribution is 5.54. The van der Waals surface area contributed by atoms with Crippen molar-refractivity contribution in [2.24, 2.45) is 5.73 Å². The Bertz CT molecular complexity index is 588. The molecule has 20 heavy (non-hydrogen) atoms. The smallest absolute Gasteiger partial charge is 0.258 e. The normalized spacial score (nSPS) is 22.3. The maximum absolute atomic E-state index is 5.74. The molecule has 0 amide bonds. The van der Waals surface area contributed by atoms with Crippen LogP contribution in [-0.2, 0) is 16.8 Å². The lowest BCUT2D eigenvalue weighted by Gasteiger charge is -2.17. The molecule has 5 heteroatoms. The zero-order valence-corrected chi connectivity index (χ0v) is 11.6. The summed E-state index contributed by atoms with van der Waals surface area (Å²) in [4.78, 5) is 4.50. The van der Waals surface area contributed by atoms with Crippen LogP contribution < -0.4 is 5.73 Å². The second kappa shape index (κ2) is 5.34. The summed E-state index contributed by atoms with van der Waals surface area (Å²) < 4.78 is 11.1. The van der Waals surface area contributed by atoms with Crippen molar-refractivity contribution in [2.45, 2.75) is 31.8 Å². The van der Waals surface area contributed by atoms with Crippen LogP contribution in [0.4, 0.5) is 0 Å². The van der Waals surface area contributed by atoms with Gasteiger partial charge >= 0.3 is 0 Å². The van der Waals surface area contributed by atoms with Gasteiger partial charge in [0.05, 0.1) is 0 Å². The molecule has 0 bridgehead atoms. The van der Waals surface area contributed by atoms with Crippen LogP contribution >= 0.6 is 0 Å². The number of hydrogen-bond acceptors (Lipinski definition) is 5. The quantitative estimate of drug-likeness (QED) is 0.925. The first kappa shape index (κ1) is 13.3. The summed E-state index contributed by atoms with van der Waals surface area (Å²) in [6, 6.07) is 8.05. The summed E-state index contributed by atoms with van der Waals surface area (Å²) in [7, 11) is 0. The number of hydrogen-bond donors (Lipinski definition) is 1. The van der Waals surface area contributed by atoms with Gasteiger partial charge < -0.3 is 15.0 Å². The summed E-state index contributed by atoms with van der Waals surface area (Å²) in [6.07, 6.45) is 2.81. The maximum Gasteiger partial charge on any atom is 0.258 e. The molecule has 1 atom stereocenters. The van der Waals surface area contributed by atoms with Crippen LogP contribution in [0.5, 0.6) is 0 Å². The molecule has 1 fully saturated rings. The first-order valence-corrected chi connectivity index (χ1v) is 6.99. The van der Waals surface area contributed by atoms with Crippen molar-refractivity contribution < 1.29 is 9.26 Å². The van der Waals surface area contributed by atoms with Crippen LogP contribution in [0.15, 0.2) is 28.8 Å². The van der Waals surface area contributed by atoms with E-state index in [1.54, 1.807) is 0 Å². The van der Waals surface area contributed by atoms with Gasteiger partial charge in [-0.3, -0.25) is 0 Å². The van der Waals surface area contributed by atoms with Gasteiger partial charge in [-0.1, -0.05) is 17.3 Å². The second-order valence-electron chi connectivity index (χ2n) is 5.35. The standard InChI is InChI=1S/C15H19N3O2/c1-15(7-3-9-19-15)14-17-13(20-18-14)12-5-2-4-11(10-12)6-8-16/h2,4-5,10H,3,6-9,16H2,1H3. The molecule has 0 aliphatic carbocycles. The SMILES string of the molecule is CC1(c2noc(-c3cccc(CCN)c3)n2)CCCO1. The average molecular weight is 273 g/mol. The lowest BCUT2D eigenvalue weighted by molar-refractivity contribution is 0.00768. The molecule has 2 heterocycles. The van der Waals surface area contributed by atoms with Gasteiger partial charge in [0.25, 0.3) is 5.89 Å². The molecular formula is C15H19N3O2. The van der Waals surface area contributed by atoms with Gasteiger partial charge in [0.1, 0.15) is 5.60 Å². The van der Waals surface area contributed by atoms with Crippen LogP contribution in [0.1, 0.15) is 31.2 Å². The van der Waals surface area contributed by atoms with Crippen molar-refractivity contribution in [3.8, 4) is 11.5 Å². The zero-order chi connectivity index (χ0) is 14.0. The predicted octanol–water partition coefficient (Wildman–Crippen LogP) is 2.26. The first-order chi connectivity index (χ1) is 9.71. The molecule has 1 saturated heterocycles. The molecule has 5 nitrogen and oxygen atoms in total. The molecule has 1 unspecified atom stereocenters. The molecule has 0 spiro atoms. The van der Waals surface area contributed by atoms with Crippen molar-refractivity contribution in [3.63, 3.8) is 0 Å². The number of rotatable bonds is 4. The van der Waals surface area contributed by atoms with Crippen molar-refractivity contribution >= 4 is 0 Å². The topological polar surface area (TPSA) is 74.2 Å². The molecule has 106 valence electrons. The van der Waals surface area contributed by atoms with Crippen LogP contribution in [0.3, 0.4) is 0 Å². The van der Waals surface area contributed by atoms with E-state index in [4.69, 9.17) is 15.0 Å². The van der Waals surface area contributed by atoms with E-state index in [-0.39, 0.29) is 0 Å². The molecule has 3 rings (SSSR count). The number of nitrogens with two attached hydrogens (primary N) is 1. The minimum absolute atomic E-state index is 0.406. The van der Waals surface area contributed by atoms with E-state index >= 15 is 0 Å². The Kier molecular flexibility index (Phi) is 3.54. The Morgan fingerprint density at radius 3 is 3.05 bits per heavy atom. The zero-order valence-electron chi connectivity index (χ0n) is 11.6. The van der Waals surface area contributed by atoms with E-state index in [1.807, 2.05) is 25.1 Å². The van der Waals surface area contributed by atoms with Gasteiger partial charge in [0, 0.05) is 12.2 Å². The van der Waals surface area contributed by atoms with Gasteiger partial charge in [-0.25, -0.2) is 0 Å². The monoisotopic (exact) mass is 273 g/mol. The van der Waals surface area contributed by atoms with E-state index < -0.39 is 5.60 Å². The number of benzene rings is 1. The van der Waals surface area contributed by atoms with E-state index in [2.05, 4.69) is 16.2 Å². The Hall–Kier alpha value is -1.72. The fourth-order valence-corrected chi connectivity index (χ4v) is 2.54. The summed E-state index contributed by atoms with van der Waals surface area (Å²) in [5, 5.41) is 4.09. The highest BCUT2D eigenvalue weighted by Crippen LogP contribution is 2.34. The summed E-state index contributed by atoms with van der Waals surface area (Å²) in [5.41, 5.74) is 7.28. The van der Waals surface area contributed by atoms with Crippen molar-refractivity contribution in [3.05, 3.63) is 35.7 Å². The van der Waals surface area contributed by atoms with Crippen molar-refractivity contribution in [2.75, 3.05) is 13.2 Å². The Balaban J connectivity index is 1.88. The van der Waals surface area contributed by atoms with Crippen molar-refractivity contribution in [1.29, 1.82) is 0 Å². The molecular weight excluding hydrogens is 254 g/mol.